The Morgan fingerprint density at radius 3 is 2.62 bits per heavy atom. The van der Waals surface area contributed by atoms with Crippen molar-refractivity contribution in [3.05, 3.63) is 29.8 Å². The molecule has 1 aromatic carbocycles. The van der Waals surface area contributed by atoms with E-state index >= 15 is 0 Å². The third-order valence-electron chi connectivity index (χ3n) is 4.30. The van der Waals surface area contributed by atoms with Crippen molar-refractivity contribution in [2.75, 3.05) is 5.73 Å². The number of carbonyl (C=O) groups is 1. The number of hydrogen-bond acceptors (Lipinski definition) is 3. The van der Waals surface area contributed by atoms with E-state index in [9.17, 15) is 4.79 Å². The molecule has 0 aromatic heterocycles. The van der Waals surface area contributed by atoms with Gasteiger partial charge in [-0.1, -0.05) is 25.1 Å². The second-order valence-corrected chi connectivity index (χ2v) is 6.10. The largest absolute Gasteiger partial charge is 0.398 e. The summed E-state index contributed by atoms with van der Waals surface area (Å²) < 4.78 is 0. The van der Waals surface area contributed by atoms with Crippen molar-refractivity contribution in [3.63, 3.8) is 0 Å². The van der Waals surface area contributed by atoms with Crippen LogP contribution < -0.4 is 11.1 Å². The third-order valence-corrected chi connectivity index (χ3v) is 4.30. The number of nitrogens with zero attached hydrogens (tertiary/aromatic N) is 1. The van der Waals surface area contributed by atoms with Crippen LogP contribution in [0.5, 0.6) is 0 Å². The monoisotopic (exact) mass is 289 g/mol. The van der Waals surface area contributed by atoms with Gasteiger partial charge in [0.25, 0.3) is 0 Å². The zero-order valence-corrected chi connectivity index (χ0v) is 13.3. The predicted molar refractivity (Wildman–Crippen MR) is 86.8 cm³/mol. The van der Waals surface area contributed by atoms with Crippen molar-refractivity contribution in [2.45, 2.75) is 64.7 Å². The van der Waals surface area contributed by atoms with Gasteiger partial charge in [-0.05, 0) is 44.7 Å². The maximum absolute atomic E-state index is 12.4. The summed E-state index contributed by atoms with van der Waals surface area (Å²) in [5, 5.41) is 3.08. The second kappa shape index (κ2) is 6.94. The summed E-state index contributed by atoms with van der Waals surface area (Å²) >= 11 is 0. The van der Waals surface area contributed by atoms with Crippen molar-refractivity contribution in [1.29, 1.82) is 0 Å². The Bertz CT molecular complexity index is 485. The molecule has 2 atom stereocenters. The first-order chi connectivity index (χ1) is 10.0. The van der Waals surface area contributed by atoms with Gasteiger partial charge in [0.2, 0.25) is 5.91 Å². The molecule has 2 unspecified atom stereocenters. The molecule has 4 nitrogen and oxygen atoms in total. The number of anilines is 1. The number of nitrogen functional groups attached to an aromatic ring is 1. The first kappa shape index (κ1) is 15.8. The highest BCUT2D eigenvalue weighted by Gasteiger charge is 2.35. The zero-order chi connectivity index (χ0) is 15.4. The Labute approximate surface area is 127 Å². The fourth-order valence-corrected chi connectivity index (χ4v) is 2.48. The number of para-hydroxylation sites is 1. The second-order valence-electron chi connectivity index (χ2n) is 6.10. The zero-order valence-electron chi connectivity index (χ0n) is 13.3. The maximum Gasteiger partial charge on any atom is 0.237 e. The lowest BCUT2D eigenvalue weighted by Gasteiger charge is -2.29. The van der Waals surface area contributed by atoms with Gasteiger partial charge < -0.3 is 11.1 Å². The van der Waals surface area contributed by atoms with Crippen LogP contribution in [0.3, 0.4) is 0 Å². The van der Waals surface area contributed by atoms with Crippen molar-refractivity contribution >= 4 is 11.6 Å². The Hall–Kier alpha value is -1.55. The smallest absolute Gasteiger partial charge is 0.237 e. The Balaban J connectivity index is 2.05. The summed E-state index contributed by atoms with van der Waals surface area (Å²) in [6, 6.07) is 8.53. The van der Waals surface area contributed by atoms with E-state index in [1.54, 1.807) is 0 Å². The van der Waals surface area contributed by atoms with Crippen LogP contribution in [0.25, 0.3) is 0 Å². The molecule has 0 radical (unpaired) electrons. The average molecular weight is 289 g/mol. The molecule has 1 amide bonds. The van der Waals surface area contributed by atoms with E-state index in [0.29, 0.717) is 6.04 Å². The fourth-order valence-electron chi connectivity index (χ4n) is 2.48. The molecule has 0 saturated heterocycles. The normalized spacial score (nSPS) is 17.5. The van der Waals surface area contributed by atoms with E-state index in [4.69, 9.17) is 5.73 Å². The van der Waals surface area contributed by atoms with Crippen molar-refractivity contribution in [2.24, 2.45) is 0 Å². The fraction of sp³-hybridized carbons (Fsp3) is 0.588. The highest BCUT2D eigenvalue weighted by molar-refractivity contribution is 5.81. The lowest BCUT2D eigenvalue weighted by molar-refractivity contribution is -0.127. The van der Waals surface area contributed by atoms with Gasteiger partial charge in [-0.25, -0.2) is 0 Å². The molecule has 1 aromatic rings. The average Bonchev–Trinajstić information content (AvgIpc) is 3.30. The molecule has 1 aliphatic rings. The summed E-state index contributed by atoms with van der Waals surface area (Å²) in [4.78, 5) is 14.7. The molecular weight excluding hydrogens is 262 g/mol. The molecule has 0 aliphatic heterocycles. The van der Waals surface area contributed by atoms with Gasteiger partial charge in [-0.2, -0.15) is 0 Å². The van der Waals surface area contributed by atoms with E-state index in [2.05, 4.69) is 17.1 Å². The summed E-state index contributed by atoms with van der Waals surface area (Å²) in [7, 11) is 0. The molecule has 1 aliphatic carbocycles. The van der Waals surface area contributed by atoms with E-state index in [1.807, 2.05) is 38.1 Å². The molecule has 2 rings (SSSR count). The number of benzene rings is 1. The van der Waals surface area contributed by atoms with Crippen molar-refractivity contribution < 1.29 is 4.79 Å². The highest BCUT2D eigenvalue weighted by atomic mass is 16.2. The van der Waals surface area contributed by atoms with Gasteiger partial charge in [0, 0.05) is 24.3 Å². The molecule has 0 bridgehead atoms. The Morgan fingerprint density at radius 2 is 2.05 bits per heavy atom. The lowest BCUT2D eigenvalue weighted by atomic mass is 10.1. The summed E-state index contributed by atoms with van der Waals surface area (Å²) in [5.41, 5.74) is 7.95. The number of rotatable bonds is 7. The first-order valence-electron chi connectivity index (χ1n) is 7.92. The van der Waals surface area contributed by atoms with E-state index in [1.165, 1.54) is 12.8 Å². The highest BCUT2D eigenvalue weighted by Crippen LogP contribution is 2.31. The van der Waals surface area contributed by atoms with Crippen molar-refractivity contribution in [3.8, 4) is 0 Å². The molecule has 4 heteroatoms. The van der Waals surface area contributed by atoms with Crippen LogP contribution in [0.2, 0.25) is 0 Å². The number of nitrogens with two attached hydrogens (primary N) is 1. The quantitative estimate of drug-likeness (QED) is 0.758. The summed E-state index contributed by atoms with van der Waals surface area (Å²) in [6.45, 7) is 6.86. The Kier molecular flexibility index (Phi) is 5.23. The number of hydrogen-bond donors (Lipinski definition) is 2. The molecule has 0 spiro atoms. The van der Waals surface area contributed by atoms with Crippen LogP contribution in [0, 0.1) is 0 Å². The minimum Gasteiger partial charge on any atom is -0.398 e. The predicted octanol–water partition coefficient (Wildman–Crippen LogP) is 2.54. The van der Waals surface area contributed by atoms with Crippen LogP contribution in [0.15, 0.2) is 24.3 Å². The van der Waals surface area contributed by atoms with E-state index in [0.717, 1.165) is 24.2 Å². The maximum atomic E-state index is 12.4. The minimum absolute atomic E-state index is 0.116. The van der Waals surface area contributed by atoms with Crippen LogP contribution in [0.1, 0.15) is 45.6 Å². The summed E-state index contributed by atoms with van der Waals surface area (Å²) in [6.07, 6.45) is 3.30. The molecular formula is C17H27N3O. The standard InChI is InChI=1S/C17H27N3O/c1-4-12(2)19-17(21)13(3)20(15-9-10-15)11-14-7-5-6-8-16(14)18/h5-8,12-13,15H,4,9-11,18H2,1-3H3,(H,19,21). The minimum atomic E-state index is -0.119. The van der Waals surface area contributed by atoms with Gasteiger partial charge in [0.05, 0.1) is 6.04 Å². The van der Waals surface area contributed by atoms with Crippen LogP contribution in [-0.2, 0) is 11.3 Å². The first-order valence-corrected chi connectivity index (χ1v) is 7.92. The van der Waals surface area contributed by atoms with Gasteiger partial charge in [0.1, 0.15) is 0 Å². The van der Waals surface area contributed by atoms with Crippen LogP contribution in [0.4, 0.5) is 5.69 Å². The Morgan fingerprint density at radius 1 is 1.38 bits per heavy atom. The van der Waals surface area contributed by atoms with E-state index in [-0.39, 0.29) is 18.0 Å². The van der Waals surface area contributed by atoms with Gasteiger partial charge >= 0.3 is 0 Å². The van der Waals surface area contributed by atoms with Gasteiger partial charge in [-0.3, -0.25) is 9.69 Å². The summed E-state index contributed by atoms with van der Waals surface area (Å²) in [5.74, 6) is 0.116. The van der Waals surface area contributed by atoms with Crippen LogP contribution in [-0.4, -0.2) is 28.9 Å². The number of nitrogens with one attached hydrogen (secondary N) is 1. The lowest BCUT2D eigenvalue weighted by Crippen LogP contribution is -2.48. The molecule has 0 heterocycles. The topological polar surface area (TPSA) is 58.4 Å². The molecule has 1 fully saturated rings. The van der Waals surface area contributed by atoms with Gasteiger partial charge in [-0.15, -0.1) is 0 Å². The SMILES string of the molecule is CCC(C)NC(=O)C(C)N(Cc1ccccc1N)C1CC1. The van der Waals surface area contributed by atoms with Crippen molar-refractivity contribution in [1.82, 2.24) is 10.2 Å². The number of amides is 1. The molecule has 3 N–H and O–H groups in total. The van der Waals surface area contributed by atoms with Gasteiger partial charge in [0.15, 0.2) is 0 Å². The molecule has 1 saturated carbocycles. The number of carbonyl (C=O) groups excluding carboxylic acids is 1. The molecule has 21 heavy (non-hydrogen) atoms. The van der Waals surface area contributed by atoms with Crippen LogP contribution >= 0.6 is 0 Å². The third kappa shape index (κ3) is 4.21. The van der Waals surface area contributed by atoms with E-state index < -0.39 is 0 Å². The molecule has 116 valence electrons.